The van der Waals surface area contributed by atoms with Crippen molar-refractivity contribution < 1.29 is 0 Å². The average molecular weight is 196 g/mol. The van der Waals surface area contributed by atoms with Gasteiger partial charge in [0.1, 0.15) is 0 Å². The highest BCUT2D eigenvalue weighted by molar-refractivity contribution is 5.39. The zero-order chi connectivity index (χ0) is 10.1. The molecule has 1 aromatic carbocycles. The first-order valence-corrected chi connectivity index (χ1v) is 5.16. The van der Waals surface area contributed by atoms with E-state index in [0.717, 1.165) is 6.54 Å². The Morgan fingerprint density at radius 2 is 2.07 bits per heavy atom. The molecule has 2 heteroatoms. The highest BCUT2D eigenvalue weighted by atomic mass is 14.9. The van der Waals surface area contributed by atoms with E-state index in [1.165, 1.54) is 16.7 Å². The molecule has 1 aromatic heterocycles. The van der Waals surface area contributed by atoms with E-state index in [0.29, 0.717) is 6.04 Å². The van der Waals surface area contributed by atoms with Gasteiger partial charge in [0.05, 0.1) is 6.04 Å². The first-order chi connectivity index (χ1) is 7.45. The molecule has 0 radical (unpaired) electrons. The van der Waals surface area contributed by atoms with Gasteiger partial charge in [0.15, 0.2) is 0 Å². The number of pyridine rings is 1. The standard InChI is InChI=1S/C13H12N2/c1-2-6-12-10(4-1)9-15-13(12)11-5-3-7-14-8-11/h1-8,13,15H,9H2/t13-/m0/s1. The maximum atomic E-state index is 4.16. The van der Waals surface area contributed by atoms with E-state index in [2.05, 4.69) is 40.6 Å². The van der Waals surface area contributed by atoms with Crippen molar-refractivity contribution in [2.45, 2.75) is 12.6 Å². The van der Waals surface area contributed by atoms with Gasteiger partial charge in [-0.25, -0.2) is 0 Å². The molecule has 0 saturated heterocycles. The van der Waals surface area contributed by atoms with Gasteiger partial charge in [-0.15, -0.1) is 0 Å². The summed E-state index contributed by atoms with van der Waals surface area (Å²) >= 11 is 0. The molecule has 0 fully saturated rings. The van der Waals surface area contributed by atoms with Crippen molar-refractivity contribution in [2.24, 2.45) is 0 Å². The highest BCUT2D eigenvalue weighted by Gasteiger charge is 2.22. The Balaban J connectivity index is 2.05. The minimum Gasteiger partial charge on any atom is -0.302 e. The van der Waals surface area contributed by atoms with Crippen molar-refractivity contribution in [3.8, 4) is 0 Å². The summed E-state index contributed by atoms with van der Waals surface area (Å²) in [5.41, 5.74) is 4.01. The minimum absolute atomic E-state index is 0.315. The molecule has 1 N–H and O–H groups in total. The van der Waals surface area contributed by atoms with Crippen LogP contribution in [-0.2, 0) is 6.54 Å². The van der Waals surface area contributed by atoms with Crippen LogP contribution in [-0.4, -0.2) is 4.98 Å². The number of benzene rings is 1. The predicted octanol–water partition coefficient (Wildman–Crippen LogP) is 2.27. The minimum atomic E-state index is 0.315. The van der Waals surface area contributed by atoms with Crippen molar-refractivity contribution in [3.05, 3.63) is 65.5 Å². The fourth-order valence-electron chi connectivity index (χ4n) is 2.14. The van der Waals surface area contributed by atoms with E-state index < -0.39 is 0 Å². The van der Waals surface area contributed by atoms with E-state index in [-0.39, 0.29) is 0 Å². The lowest BCUT2D eigenvalue weighted by molar-refractivity contribution is 0.665. The van der Waals surface area contributed by atoms with Gasteiger partial charge in [0.2, 0.25) is 0 Å². The van der Waals surface area contributed by atoms with E-state index in [1.54, 1.807) is 0 Å². The Morgan fingerprint density at radius 1 is 1.13 bits per heavy atom. The molecule has 0 bridgehead atoms. The summed E-state index contributed by atoms with van der Waals surface area (Å²) in [7, 11) is 0. The summed E-state index contributed by atoms with van der Waals surface area (Å²) in [5.74, 6) is 0. The third-order valence-corrected chi connectivity index (χ3v) is 2.88. The molecule has 1 atom stereocenters. The number of fused-ring (bicyclic) bond motifs is 1. The van der Waals surface area contributed by atoms with Crippen molar-refractivity contribution in [3.63, 3.8) is 0 Å². The summed E-state index contributed by atoms with van der Waals surface area (Å²) in [6.07, 6.45) is 3.74. The van der Waals surface area contributed by atoms with Crippen LogP contribution >= 0.6 is 0 Å². The largest absolute Gasteiger partial charge is 0.302 e. The molecule has 3 rings (SSSR count). The molecular formula is C13H12N2. The fraction of sp³-hybridized carbons (Fsp3) is 0.154. The average Bonchev–Trinajstić information content (AvgIpc) is 2.74. The summed E-state index contributed by atoms with van der Waals surface area (Å²) in [4.78, 5) is 4.16. The molecule has 15 heavy (non-hydrogen) atoms. The van der Waals surface area contributed by atoms with Gasteiger partial charge < -0.3 is 5.32 Å². The maximum absolute atomic E-state index is 4.16. The molecule has 0 aliphatic carbocycles. The van der Waals surface area contributed by atoms with Crippen LogP contribution in [0.5, 0.6) is 0 Å². The van der Waals surface area contributed by atoms with Crippen LogP contribution in [0.2, 0.25) is 0 Å². The van der Waals surface area contributed by atoms with Gasteiger partial charge in [-0.05, 0) is 22.8 Å². The van der Waals surface area contributed by atoms with Crippen molar-refractivity contribution in [1.82, 2.24) is 10.3 Å². The Hall–Kier alpha value is -1.67. The third kappa shape index (κ3) is 1.43. The van der Waals surface area contributed by atoms with E-state index in [4.69, 9.17) is 0 Å². The monoisotopic (exact) mass is 196 g/mol. The van der Waals surface area contributed by atoms with Crippen LogP contribution in [0.3, 0.4) is 0 Å². The smallest absolute Gasteiger partial charge is 0.0597 e. The van der Waals surface area contributed by atoms with Gasteiger partial charge in [0, 0.05) is 18.9 Å². The van der Waals surface area contributed by atoms with Gasteiger partial charge in [0.25, 0.3) is 0 Å². The Kier molecular flexibility index (Phi) is 2.00. The van der Waals surface area contributed by atoms with Gasteiger partial charge in [-0.2, -0.15) is 0 Å². The summed E-state index contributed by atoms with van der Waals surface area (Å²) in [5, 5.41) is 3.50. The van der Waals surface area contributed by atoms with E-state index in [9.17, 15) is 0 Å². The second-order valence-electron chi connectivity index (χ2n) is 3.80. The van der Waals surface area contributed by atoms with Crippen LogP contribution in [0.1, 0.15) is 22.7 Å². The number of hydrogen-bond donors (Lipinski definition) is 1. The number of aromatic nitrogens is 1. The van der Waals surface area contributed by atoms with Crippen LogP contribution in [0.15, 0.2) is 48.8 Å². The molecule has 2 heterocycles. The third-order valence-electron chi connectivity index (χ3n) is 2.88. The molecule has 0 spiro atoms. The number of nitrogens with one attached hydrogen (secondary N) is 1. The number of hydrogen-bond acceptors (Lipinski definition) is 2. The summed E-state index contributed by atoms with van der Waals surface area (Å²) < 4.78 is 0. The lowest BCUT2D eigenvalue weighted by atomic mass is 10.0. The Labute approximate surface area is 89.0 Å². The lowest BCUT2D eigenvalue weighted by Gasteiger charge is -2.11. The molecular weight excluding hydrogens is 184 g/mol. The van der Waals surface area contributed by atoms with Crippen molar-refractivity contribution >= 4 is 0 Å². The molecule has 74 valence electrons. The van der Waals surface area contributed by atoms with Gasteiger partial charge in [-0.3, -0.25) is 4.98 Å². The molecule has 2 nitrogen and oxygen atoms in total. The highest BCUT2D eigenvalue weighted by Crippen LogP contribution is 2.29. The molecule has 0 unspecified atom stereocenters. The molecule has 2 aromatic rings. The van der Waals surface area contributed by atoms with Gasteiger partial charge >= 0.3 is 0 Å². The SMILES string of the molecule is c1cncc([C@@H]2NCc3ccccc32)c1. The summed E-state index contributed by atoms with van der Waals surface area (Å²) in [6, 6.07) is 13.0. The van der Waals surface area contributed by atoms with Crippen LogP contribution in [0.4, 0.5) is 0 Å². The summed E-state index contributed by atoms with van der Waals surface area (Å²) in [6.45, 7) is 0.954. The van der Waals surface area contributed by atoms with Crippen LogP contribution in [0.25, 0.3) is 0 Å². The van der Waals surface area contributed by atoms with Crippen LogP contribution < -0.4 is 5.32 Å². The fourth-order valence-corrected chi connectivity index (χ4v) is 2.14. The Bertz CT molecular complexity index is 465. The predicted molar refractivity (Wildman–Crippen MR) is 59.4 cm³/mol. The zero-order valence-corrected chi connectivity index (χ0v) is 8.35. The normalized spacial score (nSPS) is 18.8. The van der Waals surface area contributed by atoms with Crippen LogP contribution in [0, 0.1) is 0 Å². The Morgan fingerprint density at radius 3 is 2.93 bits per heavy atom. The second kappa shape index (κ2) is 3.48. The molecule has 1 aliphatic rings. The first-order valence-electron chi connectivity index (χ1n) is 5.16. The second-order valence-corrected chi connectivity index (χ2v) is 3.80. The lowest BCUT2D eigenvalue weighted by Crippen LogP contribution is -2.13. The topological polar surface area (TPSA) is 24.9 Å². The van der Waals surface area contributed by atoms with Gasteiger partial charge in [-0.1, -0.05) is 30.3 Å². The van der Waals surface area contributed by atoms with Crippen molar-refractivity contribution in [1.29, 1.82) is 0 Å². The number of nitrogens with zero attached hydrogens (tertiary/aromatic N) is 1. The molecule has 0 amide bonds. The maximum Gasteiger partial charge on any atom is 0.0597 e. The van der Waals surface area contributed by atoms with Crippen molar-refractivity contribution in [2.75, 3.05) is 0 Å². The molecule has 0 saturated carbocycles. The van der Waals surface area contributed by atoms with E-state index >= 15 is 0 Å². The first kappa shape index (κ1) is 8.62. The zero-order valence-electron chi connectivity index (χ0n) is 8.35. The van der Waals surface area contributed by atoms with E-state index in [1.807, 2.05) is 18.5 Å². The molecule has 1 aliphatic heterocycles. The number of rotatable bonds is 1. The quantitative estimate of drug-likeness (QED) is 0.756.